The van der Waals surface area contributed by atoms with E-state index in [-0.39, 0.29) is 12.5 Å². The number of amides is 1. The van der Waals surface area contributed by atoms with Gasteiger partial charge in [0.05, 0.1) is 13.2 Å². The van der Waals surface area contributed by atoms with Gasteiger partial charge in [-0.25, -0.2) is 0 Å². The summed E-state index contributed by atoms with van der Waals surface area (Å²) < 4.78 is 10.5. The highest BCUT2D eigenvalue weighted by atomic mass is 16.5. The molecule has 96 valence electrons. The maximum Gasteiger partial charge on any atom is 0.253 e. The first-order valence-electron chi connectivity index (χ1n) is 6.15. The van der Waals surface area contributed by atoms with Crippen molar-refractivity contribution >= 4 is 17.3 Å². The lowest BCUT2D eigenvalue weighted by Gasteiger charge is -2.28. The van der Waals surface area contributed by atoms with Gasteiger partial charge in [0.1, 0.15) is 13.3 Å². The second kappa shape index (κ2) is 4.96. The van der Waals surface area contributed by atoms with Crippen molar-refractivity contribution in [2.45, 2.75) is 0 Å². The minimum atomic E-state index is 0.0241. The molecule has 2 aliphatic rings. The number of nitrogens with zero attached hydrogens (tertiary/aromatic N) is 2. The monoisotopic (exact) mass is 248 g/mol. The standard InChI is InChI=1S/C13H16N2O3/c16-13-9-17-7-5-15(13)12-3-1-2-11(8-12)14-4-6-18-10-14/h1-3,8H,4-7,9-10H2. The van der Waals surface area contributed by atoms with Crippen LogP contribution in [0.15, 0.2) is 24.3 Å². The Morgan fingerprint density at radius 1 is 1.06 bits per heavy atom. The summed E-state index contributed by atoms with van der Waals surface area (Å²) in [6, 6.07) is 8.02. The van der Waals surface area contributed by atoms with Crippen molar-refractivity contribution in [3.8, 4) is 0 Å². The number of carbonyl (C=O) groups excluding carboxylic acids is 1. The minimum absolute atomic E-state index is 0.0241. The van der Waals surface area contributed by atoms with Crippen molar-refractivity contribution in [3.05, 3.63) is 24.3 Å². The summed E-state index contributed by atoms with van der Waals surface area (Å²) in [7, 11) is 0. The van der Waals surface area contributed by atoms with Gasteiger partial charge in [-0.1, -0.05) is 6.07 Å². The Labute approximate surface area is 106 Å². The summed E-state index contributed by atoms with van der Waals surface area (Å²) in [5, 5.41) is 0. The molecule has 3 rings (SSSR count). The van der Waals surface area contributed by atoms with Gasteiger partial charge in [0.15, 0.2) is 0 Å². The molecule has 1 aromatic rings. The van der Waals surface area contributed by atoms with Gasteiger partial charge >= 0.3 is 0 Å². The van der Waals surface area contributed by atoms with Gasteiger partial charge in [-0.15, -0.1) is 0 Å². The fraction of sp³-hybridized carbons (Fsp3) is 0.462. The number of carbonyl (C=O) groups is 1. The van der Waals surface area contributed by atoms with Gasteiger partial charge in [-0.05, 0) is 18.2 Å². The molecule has 2 saturated heterocycles. The van der Waals surface area contributed by atoms with E-state index >= 15 is 0 Å². The van der Waals surface area contributed by atoms with Crippen molar-refractivity contribution in [1.82, 2.24) is 0 Å². The van der Waals surface area contributed by atoms with Crippen LogP contribution in [0.5, 0.6) is 0 Å². The van der Waals surface area contributed by atoms with Gasteiger partial charge in [0, 0.05) is 24.5 Å². The Morgan fingerprint density at radius 2 is 1.89 bits per heavy atom. The molecule has 2 aliphatic heterocycles. The predicted octanol–water partition coefficient (Wildman–Crippen LogP) is 0.844. The van der Waals surface area contributed by atoms with Crippen molar-refractivity contribution in [2.75, 3.05) is 49.4 Å². The van der Waals surface area contributed by atoms with Crippen molar-refractivity contribution < 1.29 is 14.3 Å². The summed E-state index contributed by atoms with van der Waals surface area (Å²) in [4.78, 5) is 15.7. The lowest BCUT2D eigenvalue weighted by atomic mass is 10.2. The molecule has 0 unspecified atom stereocenters. The van der Waals surface area contributed by atoms with Gasteiger partial charge in [0.25, 0.3) is 5.91 Å². The van der Waals surface area contributed by atoms with E-state index in [0.29, 0.717) is 19.9 Å². The molecule has 0 saturated carbocycles. The van der Waals surface area contributed by atoms with Crippen LogP contribution in [-0.2, 0) is 14.3 Å². The zero-order valence-corrected chi connectivity index (χ0v) is 10.2. The van der Waals surface area contributed by atoms with Gasteiger partial charge in [-0.2, -0.15) is 0 Å². The number of benzene rings is 1. The van der Waals surface area contributed by atoms with Crippen LogP contribution in [0.4, 0.5) is 11.4 Å². The molecule has 2 heterocycles. The van der Waals surface area contributed by atoms with Crippen molar-refractivity contribution in [2.24, 2.45) is 0 Å². The molecule has 0 spiro atoms. The molecule has 0 aromatic heterocycles. The summed E-state index contributed by atoms with van der Waals surface area (Å²) in [5.74, 6) is 0.0241. The highest BCUT2D eigenvalue weighted by Crippen LogP contribution is 2.24. The second-order valence-corrected chi connectivity index (χ2v) is 4.42. The van der Waals surface area contributed by atoms with Crippen LogP contribution in [0.2, 0.25) is 0 Å². The fourth-order valence-corrected chi connectivity index (χ4v) is 2.27. The summed E-state index contributed by atoms with van der Waals surface area (Å²) in [6.45, 7) is 3.69. The maximum absolute atomic E-state index is 11.8. The number of hydrogen-bond donors (Lipinski definition) is 0. The maximum atomic E-state index is 11.8. The van der Waals surface area contributed by atoms with E-state index in [4.69, 9.17) is 9.47 Å². The first-order chi connectivity index (χ1) is 8.84. The van der Waals surface area contributed by atoms with Crippen LogP contribution in [0.1, 0.15) is 0 Å². The molecule has 0 atom stereocenters. The first-order valence-corrected chi connectivity index (χ1v) is 6.15. The lowest BCUT2D eigenvalue weighted by Crippen LogP contribution is -2.41. The average molecular weight is 248 g/mol. The highest BCUT2D eigenvalue weighted by molar-refractivity contribution is 5.95. The second-order valence-electron chi connectivity index (χ2n) is 4.42. The minimum Gasteiger partial charge on any atom is -0.370 e. The topological polar surface area (TPSA) is 42.0 Å². The largest absolute Gasteiger partial charge is 0.370 e. The van der Waals surface area contributed by atoms with E-state index in [2.05, 4.69) is 4.90 Å². The molecule has 0 N–H and O–H groups in total. The molecule has 0 radical (unpaired) electrons. The Kier molecular flexibility index (Phi) is 3.17. The van der Waals surface area contributed by atoms with Crippen LogP contribution >= 0.6 is 0 Å². The van der Waals surface area contributed by atoms with E-state index in [0.717, 1.165) is 24.5 Å². The van der Waals surface area contributed by atoms with E-state index in [1.807, 2.05) is 24.3 Å². The molecule has 0 aliphatic carbocycles. The van der Waals surface area contributed by atoms with Crippen LogP contribution in [0.25, 0.3) is 0 Å². The third-order valence-electron chi connectivity index (χ3n) is 3.25. The molecule has 1 amide bonds. The Bertz CT molecular complexity index is 444. The third-order valence-corrected chi connectivity index (χ3v) is 3.25. The number of morpholine rings is 1. The molecule has 0 bridgehead atoms. The quantitative estimate of drug-likeness (QED) is 0.778. The van der Waals surface area contributed by atoms with Crippen molar-refractivity contribution in [3.63, 3.8) is 0 Å². The average Bonchev–Trinajstić information content (AvgIpc) is 2.93. The van der Waals surface area contributed by atoms with Crippen LogP contribution in [0, 0.1) is 0 Å². The van der Waals surface area contributed by atoms with E-state index < -0.39 is 0 Å². The number of hydrogen-bond acceptors (Lipinski definition) is 4. The SMILES string of the molecule is O=C1COCCN1c1cccc(N2CCOC2)c1. The summed E-state index contributed by atoms with van der Waals surface area (Å²) in [5.41, 5.74) is 2.04. The summed E-state index contributed by atoms with van der Waals surface area (Å²) in [6.07, 6.45) is 0. The number of rotatable bonds is 2. The van der Waals surface area contributed by atoms with E-state index in [9.17, 15) is 4.79 Å². The molecule has 5 nitrogen and oxygen atoms in total. The van der Waals surface area contributed by atoms with E-state index in [1.165, 1.54) is 0 Å². The molecule has 2 fully saturated rings. The lowest BCUT2D eigenvalue weighted by molar-refractivity contribution is -0.125. The molecule has 1 aromatic carbocycles. The molecule has 18 heavy (non-hydrogen) atoms. The molecule has 5 heteroatoms. The van der Waals surface area contributed by atoms with Gasteiger partial charge in [0.2, 0.25) is 0 Å². The van der Waals surface area contributed by atoms with Crippen molar-refractivity contribution in [1.29, 1.82) is 0 Å². The van der Waals surface area contributed by atoms with Crippen LogP contribution in [-0.4, -0.2) is 45.5 Å². The third kappa shape index (κ3) is 2.19. The van der Waals surface area contributed by atoms with Gasteiger partial charge in [-0.3, -0.25) is 4.79 Å². The zero-order valence-electron chi connectivity index (χ0n) is 10.2. The molecular formula is C13H16N2O3. The predicted molar refractivity (Wildman–Crippen MR) is 67.8 cm³/mol. The highest BCUT2D eigenvalue weighted by Gasteiger charge is 2.21. The van der Waals surface area contributed by atoms with Gasteiger partial charge < -0.3 is 19.3 Å². The summed E-state index contributed by atoms with van der Waals surface area (Å²) >= 11 is 0. The number of ether oxygens (including phenoxy) is 2. The Morgan fingerprint density at radius 3 is 2.67 bits per heavy atom. The molecular weight excluding hydrogens is 232 g/mol. The Balaban J connectivity index is 1.83. The smallest absolute Gasteiger partial charge is 0.253 e. The van der Waals surface area contributed by atoms with Crippen LogP contribution in [0.3, 0.4) is 0 Å². The zero-order chi connectivity index (χ0) is 12.4. The Hall–Kier alpha value is -1.59. The van der Waals surface area contributed by atoms with E-state index in [1.54, 1.807) is 4.90 Å². The first kappa shape index (κ1) is 11.5. The normalized spacial score (nSPS) is 20.6. The van der Waals surface area contributed by atoms with Crippen LogP contribution < -0.4 is 9.80 Å². The fourth-order valence-electron chi connectivity index (χ4n) is 2.27. The number of anilines is 2.